The molecule has 2 heterocycles. The highest BCUT2D eigenvalue weighted by Gasteiger charge is 2.18. The minimum Gasteiger partial charge on any atom is -0.477 e. The molecule has 0 aliphatic carbocycles. The van der Waals surface area contributed by atoms with Crippen LogP contribution in [-0.2, 0) is 14.3 Å². The van der Waals surface area contributed by atoms with E-state index in [0.717, 1.165) is 19.4 Å². The molecule has 0 bridgehead atoms. The van der Waals surface area contributed by atoms with Crippen LogP contribution >= 0.6 is 0 Å². The van der Waals surface area contributed by atoms with Crippen molar-refractivity contribution < 1.29 is 23.8 Å². The molecule has 0 spiro atoms. The number of carbonyl (C=O) groups is 2. The Labute approximate surface area is 129 Å². The van der Waals surface area contributed by atoms with Gasteiger partial charge in [-0.3, -0.25) is 4.79 Å². The summed E-state index contributed by atoms with van der Waals surface area (Å²) < 4.78 is 15.6. The van der Waals surface area contributed by atoms with E-state index in [-0.39, 0.29) is 30.1 Å². The zero-order chi connectivity index (χ0) is 15.8. The second kappa shape index (κ2) is 8.33. The summed E-state index contributed by atoms with van der Waals surface area (Å²) in [6.07, 6.45) is 3.53. The maximum atomic E-state index is 12.0. The molecule has 1 aliphatic heterocycles. The first-order valence-electron chi connectivity index (χ1n) is 7.34. The number of pyridine rings is 1. The van der Waals surface area contributed by atoms with E-state index in [2.05, 4.69) is 10.3 Å². The number of hydrogen-bond acceptors (Lipinski definition) is 6. The molecule has 1 saturated heterocycles. The molecule has 0 radical (unpaired) electrons. The van der Waals surface area contributed by atoms with Gasteiger partial charge in [0.1, 0.15) is 5.56 Å². The van der Waals surface area contributed by atoms with Crippen molar-refractivity contribution >= 4 is 11.9 Å². The van der Waals surface area contributed by atoms with Gasteiger partial charge in [0, 0.05) is 19.3 Å². The summed E-state index contributed by atoms with van der Waals surface area (Å²) in [4.78, 5) is 27.6. The van der Waals surface area contributed by atoms with Crippen molar-refractivity contribution in [1.82, 2.24) is 10.3 Å². The number of esters is 1. The number of amides is 1. The van der Waals surface area contributed by atoms with Crippen molar-refractivity contribution in [2.75, 3.05) is 26.4 Å². The van der Waals surface area contributed by atoms with E-state index in [1.54, 1.807) is 19.1 Å². The van der Waals surface area contributed by atoms with Crippen LogP contribution in [0.25, 0.3) is 0 Å². The average Bonchev–Trinajstić information content (AvgIpc) is 3.05. The van der Waals surface area contributed by atoms with Crippen LogP contribution in [0.5, 0.6) is 5.88 Å². The molecule has 1 fully saturated rings. The molecule has 1 aromatic rings. The Hall–Kier alpha value is -2.15. The van der Waals surface area contributed by atoms with E-state index in [9.17, 15) is 9.59 Å². The van der Waals surface area contributed by atoms with Crippen LogP contribution in [0.4, 0.5) is 0 Å². The molecule has 7 heteroatoms. The topological polar surface area (TPSA) is 86.8 Å². The lowest BCUT2D eigenvalue weighted by molar-refractivity contribution is -0.124. The van der Waals surface area contributed by atoms with Crippen molar-refractivity contribution in [2.45, 2.75) is 25.9 Å². The van der Waals surface area contributed by atoms with Crippen molar-refractivity contribution in [3.63, 3.8) is 0 Å². The summed E-state index contributed by atoms with van der Waals surface area (Å²) in [5.74, 6) is -0.788. The molecular weight excluding hydrogens is 288 g/mol. The maximum absolute atomic E-state index is 12.0. The Bertz CT molecular complexity index is 514. The van der Waals surface area contributed by atoms with Crippen molar-refractivity contribution in [2.24, 2.45) is 0 Å². The van der Waals surface area contributed by atoms with Gasteiger partial charge in [0.2, 0.25) is 5.88 Å². The van der Waals surface area contributed by atoms with Crippen LogP contribution in [0.15, 0.2) is 18.3 Å². The summed E-state index contributed by atoms with van der Waals surface area (Å²) in [7, 11) is 0. The van der Waals surface area contributed by atoms with Gasteiger partial charge in [-0.1, -0.05) is 0 Å². The lowest BCUT2D eigenvalue weighted by Crippen LogP contribution is -2.34. The zero-order valence-corrected chi connectivity index (χ0v) is 12.5. The lowest BCUT2D eigenvalue weighted by Gasteiger charge is -2.11. The predicted octanol–water partition coefficient (Wildman–Crippen LogP) is 0.932. The van der Waals surface area contributed by atoms with Gasteiger partial charge in [-0.25, -0.2) is 9.78 Å². The Kier molecular flexibility index (Phi) is 6.14. The molecule has 120 valence electrons. The minimum atomic E-state index is -0.635. The number of aromatic nitrogens is 1. The summed E-state index contributed by atoms with van der Waals surface area (Å²) >= 11 is 0. The van der Waals surface area contributed by atoms with Crippen molar-refractivity contribution in [3.05, 3.63) is 23.9 Å². The van der Waals surface area contributed by atoms with Gasteiger partial charge >= 0.3 is 5.97 Å². The van der Waals surface area contributed by atoms with Gasteiger partial charge in [-0.05, 0) is 31.9 Å². The first-order valence-corrected chi connectivity index (χ1v) is 7.34. The van der Waals surface area contributed by atoms with Gasteiger partial charge in [0.25, 0.3) is 5.91 Å². The van der Waals surface area contributed by atoms with Gasteiger partial charge in [0.15, 0.2) is 6.61 Å². The Morgan fingerprint density at radius 1 is 1.50 bits per heavy atom. The quantitative estimate of drug-likeness (QED) is 0.754. The van der Waals surface area contributed by atoms with Crippen molar-refractivity contribution in [3.8, 4) is 5.88 Å². The fraction of sp³-hybridized carbons (Fsp3) is 0.533. The third kappa shape index (κ3) is 4.70. The normalized spacial score (nSPS) is 17.0. The summed E-state index contributed by atoms with van der Waals surface area (Å²) in [5.41, 5.74) is 0.205. The summed E-state index contributed by atoms with van der Waals surface area (Å²) in [6.45, 7) is 3.01. The molecular formula is C15H20N2O5. The number of nitrogens with zero attached hydrogens (tertiary/aromatic N) is 1. The molecule has 7 nitrogen and oxygen atoms in total. The molecule has 2 rings (SSSR count). The summed E-state index contributed by atoms with van der Waals surface area (Å²) in [6, 6.07) is 3.15. The molecule has 0 saturated carbocycles. The zero-order valence-electron chi connectivity index (χ0n) is 12.5. The van der Waals surface area contributed by atoms with Crippen LogP contribution in [0, 0.1) is 0 Å². The number of carbonyl (C=O) groups excluding carboxylic acids is 2. The molecule has 1 amide bonds. The second-order valence-electron chi connectivity index (χ2n) is 4.80. The molecule has 1 atom stereocenters. The van der Waals surface area contributed by atoms with E-state index >= 15 is 0 Å². The van der Waals surface area contributed by atoms with Crippen LogP contribution in [-0.4, -0.2) is 49.3 Å². The van der Waals surface area contributed by atoms with E-state index in [1.165, 1.54) is 6.20 Å². The molecule has 1 aromatic heterocycles. The Balaban J connectivity index is 1.78. The van der Waals surface area contributed by atoms with Gasteiger partial charge in [-0.15, -0.1) is 0 Å². The fourth-order valence-corrected chi connectivity index (χ4v) is 2.09. The second-order valence-corrected chi connectivity index (χ2v) is 4.80. The molecule has 0 aromatic carbocycles. The Morgan fingerprint density at radius 3 is 3.09 bits per heavy atom. The third-order valence-corrected chi connectivity index (χ3v) is 3.16. The van der Waals surface area contributed by atoms with Crippen LogP contribution < -0.4 is 10.1 Å². The maximum Gasteiger partial charge on any atom is 0.344 e. The van der Waals surface area contributed by atoms with Crippen LogP contribution in [0.1, 0.15) is 30.1 Å². The lowest BCUT2D eigenvalue weighted by atomic mass is 10.2. The largest absolute Gasteiger partial charge is 0.477 e. The predicted molar refractivity (Wildman–Crippen MR) is 77.7 cm³/mol. The first-order chi connectivity index (χ1) is 10.7. The van der Waals surface area contributed by atoms with E-state index in [0.29, 0.717) is 13.2 Å². The molecule has 22 heavy (non-hydrogen) atoms. The van der Waals surface area contributed by atoms with E-state index < -0.39 is 5.97 Å². The van der Waals surface area contributed by atoms with Crippen molar-refractivity contribution in [1.29, 1.82) is 0 Å². The smallest absolute Gasteiger partial charge is 0.344 e. The number of hydrogen-bond donors (Lipinski definition) is 1. The molecule has 1 N–H and O–H groups in total. The number of rotatable bonds is 7. The highest BCUT2D eigenvalue weighted by atomic mass is 16.5. The van der Waals surface area contributed by atoms with Gasteiger partial charge < -0.3 is 19.5 Å². The Morgan fingerprint density at radius 2 is 2.36 bits per heavy atom. The van der Waals surface area contributed by atoms with Gasteiger partial charge in [0.05, 0.1) is 12.7 Å². The molecule has 1 unspecified atom stereocenters. The van der Waals surface area contributed by atoms with Crippen LogP contribution in [0.2, 0.25) is 0 Å². The monoisotopic (exact) mass is 308 g/mol. The fourth-order valence-electron chi connectivity index (χ4n) is 2.09. The van der Waals surface area contributed by atoms with E-state index in [4.69, 9.17) is 14.2 Å². The summed E-state index contributed by atoms with van der Waals surface area (Å²) in [5, 5.41) is 2.68. The highest BCUT2D eigenvalue weighted by Crippen LogP contribution is 2.15. The number of nitrogens with one attached hydrogen (secondary N) is 1. The highest BCUT2D eigenvalue weighted by molar-refractivity contribution is 5.93. The third-order valence-electron chi connectivity index (χ3n) is 3.16. The number of ether oxygens (including phenoxy) is 3. The first kappa shape index (κ1) is 16.2. The average molecular weight is 308 g/mol. The SMILES string of the molecule is CCOc1ncccc1C(=O)OCC(=O)NCC1CCCO1. The van der Waals surface area contributed by atoms with E-state index in [1.807, 2.05) is 0 Å². The minimum absolute atomic E-state index is 0.0579. The standard InChI is InChI=1S/C15H20N2O5/c1-2-20-14-12(6-3-7-16-14)15(19)22-10-13(18)17-9-11-5-4-8-21-11/h3,6-7,11H,2,4-5,8-10H2,1H3,(H,17,18). The van der Waals surface area contributed by atoms with Gasteiger partial charge in [-0.2, -0.15) is 0 Å². The van der Waals surface area contributed by atoms with Crippen LogP contribution in [0.3, 0.4) is 0 Å². The molecule has 1 aliphatic rings.